The van der Waals surface area contributed by atoms with Crippen LogP contribution in [0.15, 0.2) is 47.4 Å². The molecule has 0 aliphatic carbocycles. The van der Waals surface area contributed by atoms with Crippen LogP contribution < -0.4 is 10.1 Å². The fourth-order valence-electron chi connectivity index (χ4n) is 4.44. The van der Waals surface area contributed by atoms with E-state index in [0.29, 0.717) is 23.6 Å². The molecular weight excluding hydrogens is 556 g/mol. The minimum atomic E-state index is -3.83. The van der Waals surface area contributed by atoms with Crippen molar-refractivity contribution in [2.45, 2.75) is 43.7 Å². The molecule has 3 rings (SSSR count). The van der Waals surface area contributed by atoms with Crippen LogP contribution in [0.5, 0.6) is 5.75 Å². The van der Waals surface area contributed by atoms with Gasteiger partial charge in [-0.1, -0.05) is 18.5 Å². The third-order valence-corrected chi connectivity index (χ3v) is 9.01. The number of carbonyl (C=O) groups is 2. The summed E-state index contributed by atoms with van der Waals surface area (Å²) in [5.41, 5.74) is 0.682. The van der Waals surface area contributed by atoms with Gasteiger partial charge >= 0.3 is 0 Å². The lowest BCUT2D eigenvalue weighted by atomic mass is 9.99. The minimum absolute atomic E-state index is 0.0193. The number of ether oxygens (including phenoxy) is 1. The molecule has 2 aromatic rings. The zero-order valence-corrected chi connectivity index (χ0v) is 25.2. The number of fused-ring (bicyclic) bond motifs is 1. The molecule has 0 fully saturated rings. The number of rotatable bonds is 11. The Morgan fingerprint density at radius 1 is 1.20 bits per heavy atom. The molecule has 0 saturated heterocycles. The summed E-state index contributed by atoms with van der Waals surface area (Å²) in [7, 11) is 1.53. The van der Waals surface area contributed by atoms with Gasteiger partial charge in [0.2, 0.25) is 15.9 Å². The van der Waals surface area contributed by atoms with Crippen LogP contribution in [0, 0.1) is 5.92 Å². The average Bonchev–Trinajstić information content (AvgIpc) is 2.90. The van der Waals surface area contributed by atoms with Crippen LogP contribution in [-0.4, -0.2) is 99.0 Å². The Kier molecular flexibility index (Phi) is 11.0. The first-order valence-electron chi connectivity index (χ1n) is 13.2. The first-order valence-corrected chi connectivity index (χ1v) is 15.0. The second-order valence-electron chi connectivity index (χ2n) is 10.5. The smallest absolute Gasteiger partial charge is 0.258 e. The second-order valence-corrected chi connectivity index (χ2v) is 13.0. The Morgan fingerprint density at radius 3 is 2.50 bits per heavy atom. The van der Waals surface area contributed by atoms with Crippen molar-refractivity contribution in [3.63, 3.8) is 0 Å². The Labute approximate surface area is 241 Å². The number of anilines is 1. The van der Waals surface area contributed by atoms with Gasteiger partial charge in [-0.2, -0.15) is 4.31 Å². The quantitative estimate of drug-likeness (QED) is 0.410. The van der Waals surface area contributed by atoms with Crippen molar-refractivity contribution in [1.82, 2.24) is 14.1 Å². The van der Waals surface area contributed by atoms with Gasteiger partial charge in [0, 0.05) is 36.6 Å². The number of aliphatic hydroxyl groups is 1. The van der Waals surface area contributed by atoms with Gasteiger partial charge in [-0.05, 0) is 76.4 Å². The number of halogens is 1. The van der Waals surface area contributed by atoms with Gasteiger partial charge in [0.1, 0.15) is 11.9 Å². The molecular formula is C28H39ClN4O6S. The lowest BCUT2D eigenvalue weighted by molar-refractivity contribution is -0.116. The number of hydrogen-bond acceptors (Lipinski definition) is 7. The van der Waals surface area contributed by atoms with Crippen molar-refractivity contribution in [1.29, 1.82) is 0 Å². The van der Waals surface area contributed by atoms with E-state index in [9.17, 15) is 23.1 Å². The van der Waals surface area contributed by atoms with Crippen molar-refractivity contribution in [3.05, 3.63) is 53.1 Å². The monoisotopic (exact) mass is 594 g/mol. The molecule has 0 bridgehead atoms. The molecule has 2 aromatic carbocycles. The van der Waals surface area contributed by atoms with Crippen LogP contribution in [0.3, 0.4) is 0 Å². The molecule has 1 heterocycles. The SMILES string of the molecule is C[C@H](CO)N1C[C@H](C)[C@H](CN(C)S(=O)(=O)c2ccc(Cl)cc2)Oc2ccc(NC(=O)CCCN(C)C)cc2C1=O. The van der Waals surface area contributed by atoms with E-state index in [1.165, 1.54) is 35.6 Å². The molecule has 2 N–H and O–H groups in total. The van der Waals surface area contributed by atoms with Crippen molar-refractivity contribution >= 4 is 39.1 Å². The zero-order valence-electron chi connectivity index (χ0n) is 23.6. The average molecular weight is 595 g/mol. The molecule has 0 radical (unpaired) electrons. The van der Waals surface area contributed by atoms with Gasteiger partial charge in [0.05, 0.1) is 29.7 Å². The zero-order chi connectivity index (χ0) is 29.6. The van der Waals surface area contributed by atoms with Gasteiger partial charge in [-0.15, -0.1) is 0 Å². The van der Waals surface area contributed by atoms with Gasteiger partial charge in [0.25, 0.3) is 5.91 Å². The second kappa shape index (κ2) is 13.8. The summed E-state index contributed by atoms with van der Waals surface area (Å²) in [6.45, 7) is 4.42. The standard InChI is InChI=1S/C28H39ClN4O6S/c1-19-16-33(20(2)18-34)28(36)24-15-22(30-27(35)7-6-14-31(3)4)10-13-25(24)39-26(19)17-32(5)40(37,38)23-11-8-21(29)9-12-23/h8-13,15,19-20,26,34H,6-7,14,16-18H2,1-5H3,(H,30,35)/t19-,20+,26-/m0/s1. The number of sulfonamides is 1. The van der Waals surface area contributed by atoms with E-state index in [2.05, 4.69) is 5.32 Å². The largest absolute Gasteiger partial charge is 0.488 e. The highest BCUT2D eigenvalue weighted by Crippen LogP contribution is 2.31. The summed E-state index contributed by atoms with van der Waals surface area (Å²) in [4.78, 5) is 29.8. The van der Waals surface area contributed by atoms with E-state index in [0.717, 1.165) is 6.54 Å². The number of nitrogens with zero attached hydrogens (tertiary/aromatic N) is 3. The number of benzene rings is 2. The van der Waals surface area contributed by atoms with Crippen molar-refractivity contribution in [2.24, 2.45) is 5.92 Å². The topological polar surface area (TPSA) is 119 Å². The summed E-state index contributed by atoms with van der Waals surface area (Å²) < 4.78 is 34.0. The van der Waals surface area contributed by atoms with Crippen molar-refractivity contribution in [2.75, 3.05) is 52.7 Å². The molecule has 0 spiro atoms. The summed E-state index contributed by atoms with van der Waals surface area (Å²) in [5.74, 6) is -0.501. The lowest BCUT2D eigenvalue weighted by Crippen LogP contribution is -2.50. The highest BCUT2D eigenvalue weighted by Gasteiger charge is 2.35. The predicted octanol–water partition coefficient (Wildman–Crippen LogP) is 3.16. The van der Waals surface area contributed by atoms with E-state index >= 15 is 0 Å². The lowest BCUT2D eigenvalue weighted by Gasteiger charge is -2.38. The molecule has 2 amide bonds. The van der Waals surface area contributed by atoms with E-state index in [1.54, 1.807) is 30.0 Å². The Balaban J connectivity index is 1.89. The maximum Gasteiger partial charge on any atom is 0.258 e. The van der Waals surface area contributed by atoms with Crippen LogP contribution >= 0.6 is 11.6 Å². The maximum atomic E-state index is 13.6. The number of hydrogen-bond donors (Lipinski definition) is 2. The Bertz CT molecular complexity index is 1290. The Hall–Kier alpha value is -2.70. The molecule has 220 valence electrons. The highest BCUT2D eigenvalue weighted by atomic mass is 35.5. The molecule has 10 nitrogen and oxygen atoms in total. The van der Waals surface area contributed by atoms with Gasteiger partial charge in [0.15, 0.2) is 0 Å². The first-order chi connectivity index (χ1) is 18.8. The fraction of sp³-hybridized carbons (Fsp3) is 0.500. The van der Waals surface area contributed by atoms with Crippen molar-refractivity contribution in [3.8, 4) is 5.75 Å². The number of nitrogens with one attached hydrogen (secondary N) is 1. The highest BCUT2D eigenvalue weighted by molar-refractivity contribution is 7.89. The number of amides is 2. The molecule has 12 heteroatoms. The van der Waals surface area contributed by atoms with Gasteiger partial charge < -0.3 is 25.0 Å². The maximum absolute atomic E-state index is 13.6. The van der Waals surface area contributed by atoms with E-state index in [1.807, 2.05) is 25.9 Å². The van der Waals surface area contributed by atoms with Gasteiger partial charge in [-0.25, -0.2) is 8.42 Å². The number of carbonyl (C=O) groups excluding carboxylic acids is 2. The molecule has 0 aromatic heterocycles. The van der Waals surface area contributed by atoms with Gasteiger partial charge in [-0.3, -0.25) is 9.59 Å². The number of aliphatic hydroxyl groups excluding tert-OH is 1. The summed E-state index contributed by atoms with van der Waals surface area (Å²) in [6, 6.07) is 10.3. The molecule has 0 saturated carbocycles. The molecule has 1 aliphatic rings. The van der Waals surface area contributed by atoms with E-state index < -0.39 is 22.2 Å². The fourth-order valence-corrected chi connectivity index (χ4v) is 5.74. The van der Waals surface area contributed by atoms with E-state index in [-0.39, 0.29) is 53.6 Å². The molecule has 0 unspecified atom stereocenters. The summed E-state index contributed by atoms with van der Waals surface area (Å²) >= 11 is 5.93. The molecule has 40 heavy (non-hydrogen) atoms. The first kappa shape index (κ1) is 31.8. The normalized spacial score (nSPS) is 18.6. The molecule has 3 atom stereocenters. The predicted molar refractivity (Wildman–Crippen MR) is 155 cm³/mol. The molecule has 1 aliphatic heterocycles. The van der Waals surface area contributed by atoms with Crippen LogP contribution in [0.2, 0.25) is 5.02 Å². The minimum Gasteiger partial charge on any atom is -0.488 e. The summed E-state index contributed by atoms with van der Waals surface area (Å²) in [6.07, 6.45) is 0.417. The van der Waals surface area contributed by atoms with Crippen LogP contribution in [0.4, 0.5) is 5.69 Å². The third-order valence-electron chi connectivity index (χ3n) is 6.92. The number of likely N-dealkylation sites (N-methyl/N-ethyl adjacent to an activating group) is 1. The van der Waals surface area contributed by atoms with Crippen LogP contribution in [0.25, 0.3) is 0 Å². The van der Waals surface area contributed by atoms with E-state index in [4.69, 9.17) is 16.3 Å². The third kappa shape index (κ3) is 7.94. The summed E-state index contributed by atoms with van der Waals surface area (Å²) in [5, 5.41) is 13.2. The van der Waals surface area contributed by atoms with Crippen molar-refractivity contribution < 1.29 is 27.9 Å². The van der Waals surface area contributed by atoms with Crippen LogP contribution in [-0.2, 0) is 14.8 Å². The Morgan fingerprint density at radius 2 is 1.88 bits per heavy atom. The van der Waals surface area contributed by atoms with Crippen LogP contribution in [0.1, 0.15) is 37.0 Å².